The van der Waals surface area contributed by atoms with Crippen LogP contribution in [0.15, 0.2) is 36.5 Å². The van der Waals surface area contributed by atoms with Gasteiger partial charge in [-0.3, -0.25) is 4.90 Å². The molecule has 2 fully saturated rings. The smallest absolute Gasteiger partial charge is 0.224 e. The number of rotatable bonds is 7. The van der Waals surface area contributed by atoms with Crippen LogP contribution in [-0.2, 0) is 6.42 Å². The van der Waals surface area contributed by atoms with Crippen LogP contribution in [0.25, 0.3) is 11.9 Å². The Balaban J connectivity index is 0.00000353. The second kappa shape index (κ2) is 11.4. The summed E-state index contributed by atoms with van der Waals surface area (Å²) >= 11 is 0. The molecule has 0 unspecified atom stereocenters. The maximum atomic E-state index is 13.7. The highest BCUT2D eigenvalue weighted by atomic mass is 35.5. The monoisotopic (exact) mass is 560 g/mol. The summed E-state index contributed by atoms with van der Waals surface area (Å²) in [6.07, 6.45) is 6.76. The van der Waals surface area contributed by atoms with Crippen LogP contribution < -0.4 is 15.5 Å². The molecule has 2 aliphatic heterocycles. The second-order valence-corrected chi connectivity index (χ2v) is 10.4. The van der Waals surface area contributed by atoms with Crippen LogP contribution in [0.4, 0.5) is 26.2 Å². The van der Waals surface area contributed by atoms with E-state index in [2.05, 4.69) is 46.0 Å². The summed E-state index contributed by atoms with van der Waals surface area (Å²) in [5.41, 5.74) is 7.87. The molecule has 2 aromatic heterocycles. The van der Waals surface area contributed by atoms with E-state index in [-0.39, 0.29) is 24.4 Å². The van der Waals surface area contributed by atoms with Gasteiger partial charge >= 0.3 is 0 Å². The predicted molar refractivity (Wildman–Crippen MR) is 152 cm³/mol. The van der Waals surface area contributed by atoms with Gasteiger partial charge in [0.2, 0.25) is 5.95 Å². The highest BCUT2D eigenvalue weighted by Gasteiger charge is 2.37. The van der Waals surface area contributed by atoms with Gasteiger partial charge in [0.05, 0.1) is 17.5 Å². The van der Waals surface area contributed by atoms with Crippen molar-refractivity contribution in [2.24, 2.45) is 0 Å². The minimum absolute atomic E-state index is 0. The molecule has 0 saturated carbocycles. The highest BCUT2D eigenvalue weighted by Crippen LogP contribution is 2.28. The Hall–Kier alpha value is -3.28. The SMILES string of the molecule is CCc1c(C=CCN2CCN(c3cc(F)cc(F)c3)C[C@H]2C)cnn1-c1cc(N2CC(C)(O)C2)nc(N)n1.Cl. The second-order valence-electron chi connectivity index (χ2n) is 10.4. The fourth-order valence-electron chi connectivity index (χ4n) is 5.26. The maximum Gasteiger partial charge on any atom is 0.224 e. The lowest BCUT2D eigenvalue weighted by Crippen LogP contribution is -2.60. The Morgan fingerprint density at radius 1 is 1.08 bits per heavy atom. The van der Waals surface area contributed by atoms with Gasteiger partial charge in [-0.1, -0.05) is 19.1 Å². The van der Waals surface area contributed by atoms with Crippen molar-refractivity contribution in [1.29, 1.82) is 0 Å². The van der Waals surface area contributed by atoms with Gasteiger partial charge in [0.25, 0.3) is 0 Å². The summed E-state index contributed by atoms with van der Waals surface area (Å²) in [5.74, 6) is 0.310. The van der Waals surface area contributed by atoms with Crippen molar-refractivity contribution in [2.45, 2.75) is 38.8 Å². The molecule has 1 aromatic carbocycles. The number of aromatic nitrogens is 4. The first kappa shape index (κ1) is 28.7. The Morgan fingerprint density at radius 3 is 2.41 bits per heavy atom. The van der Waals surface area contributed by atoms with E-state index in [4.69, 9.17) is 5.73 Å². The van der Waals surface area contributed by atoms with Gasteiger partial charge < -0.3 is 20.6 Å². The topological polar surface area (TPSA) is 99.6 Å². The number of anilines is 3. The zero-order chi connectivity index (χ0) is 27.0. The van der Waals surface area contributed by atoms with E-state index in [1.807, 2.05) is 22.1 Å². The number of nitrogens with two attached hydrogens (primary N) is 1. The molecule has 0 radical (unpaired) electrons. The molecule has 12 heteroatoms. The van der Waals surface area contributed by atoms with E-state index in [0.717, 1.165) is 36.8 Å². The lowest BCUT2D eigenvalue weighted by molar-refractivity contribution is 0.0305. The van der Waals surface area contributed by atoms with E-state index in [1.165, 1.54) is 12.1 Å². The van der Waals surface area contributed by atoms with E-state index >= 15 is 0 Å². The molecule has 5 rings (SSSR count). The molecule has 2 aliphatic rings. The molecule has 0 amide bonds. The Labute approximate surface area is 233 Å². The van der Waals surface area contributed by atoms with Crippen LogP contribution in [0.1, 0.15) is 32.0 Å². The quantitative estimate of drug-likeness (QED) is 0.454. The Morgan fingerprint density at radius 2 is 1.77 bits per heavy atom. The number of hydrogen-bond donors (Lipinski definition) is 2. The summed E-state index contributed by atoms with van der Waals surface area (Å²) in [7, 11) is 0. The molecular weight excluding hydrogens is 526 g/mol. The van der Waals surface area contributed by atoms with Gasteiger partial charge in [0.15, 0.2) is 5.82 Å². The number of β-amino-alcohol motifs (C(OH)–C–C–N with tert-alkyl or cyclic N) is 1. The number of halogens is 3. The fourth-order valence-corrected chi connectivity index (χ4v) is 5.26. The van der Waals surface area contributed by atoms with Crippen LogP contribution >= 0.6 is 12.4 Å². The van der Waals surface area contributed by atoms with Crippen molar-refractivity contribution in [3.05, 3.63) is 59.4 Å². The Bertz CT molecular complexity index is 1320. The molecule has 1 atom stereocenters. The zero-order valence-corrected chi connectivity index (χ0v) is 23.2. The van der Waals surface area contributed by atoms with Crippen molar-refractivity contribution in [2.75, 3.05) is 54.8 Å². The van der Waals surface area contributed by atoms with Crippen LogP contribution in [0, 0.1) is 11.6 Å². The lowest BCUT2D eigenvalue weighted by Gasteiger charge is -2.44. The number of nitrogens with zero attached hydrogens (tertiary/aromatic N) is 7. The summed E-state index contributed by atoms with van der Waals surface area (Å²) < 4.78 is 29.1. The van der Waals surface area contributed by atoms with Crippen molar-refractivity contribution in [1.82, 2.24) is 24.6 Å². The molecule has 3 aromatic rings. The number of nitrogen functional groups attached to an aromatic ring is 1. The van der Waals surface area contributed by atoms with Crippen molar-refractivity contribution >= 4 is 35.9 Å². The first-order valence-electron chi connectivity index (χ1n) is 12.9. The van der Waals surface area contributed by atoms with E-state index in [9.17, 15) is 13.9 Å². The fraction of sp³-hybridized carbons (Fsp3) is 0.444. The molecule has 4 heterocycles. The zero-order valence-electron chi connectivity index (χ0n) is 22.4. The van der Waals surface area contributed by atoms with Gasteiger partial charge in [-0.05, 0) is 32.4 Å². The molecule has 0 spiro atoms. The third-order valence-corrected chi connectivity index (χ3v) is 7.17. The van der Waals surface area contributed by atoms with Gasteiger partial charge in [-0.15, -0.1) is 12.4 Å². The van der Waals surface area contributed by atoms with Crippen LogP contribution in [-0.4, -0.2) is 80.7 Å². The minimum Gasteiger partial charge on any atom is -0.386 e. The highest BCUT2D eigenvalue weighted by molar-refractivity contribution is 5.85. The van der Waals surface area contributed by atoms with Gasteiger partial charge in [-0.2, -0.15) is 15.1 Å². The number of piperazine rings is 1. The van der Waals surface area contributed by atoms with E-state index in [1.54, 1.807) is 11.6 Å². The molecule has 210 valence electrons. The summed E-state index contributed by atoms with van der Waals surface area (Å²) in [5, 5.41) is 14.7. The van der Waals surface area contributed by atoms with Crippen LogP contribution in [0.5, 0.6) is 0 Å². The normalized spacial score (nSPS) is 19.3. The van der Waals surface area contributed by atoms with Crippen molar-refractivity contribution in [3.63, 3.8) is 0 Å². The van der Waals surface area contributed by atoms with E-state index < -0.39 is 17.2 Å². The molecule has 2 saturated heterocycles. The van der Waals surface area contributed by atoms with Crippen LogP contribution in [0.2, 0.25) is 0 Å². The largest absolute Gasteiger partial charge is 0.386 e. The maximum absolute atomic E-state index is 13.7. The number of aliphatic hydroxyl groups is 1. The lowest BCUT2D eigenvalue weighted by atomic mass is 9.97. The predicted octanol–water partition coefficient (Wildman–Crippen LogP) is 3.30. The van der Waals surface area contributed by atoms with E-state index in [0.29, 0.717) is 43.5 Å². The molecule has 9 nitrogen and oxygen atoms in total. The first-order chi connectivity index (χ1) is 18.1. The molecule has 0 bridgehead atoms. The average molecular weight is 561 g/mol. The molecule has 3 N–H and O–H groups in total. The average Bonchev–Trinajstić information content (AvgIpc) is 3.25. The van der Waals surface area contributed by atoms with Crippen molar-refractivity contribution in [3.8, 4) is 5.82 Å². The summed E-state index contributed by atoms with van der Waals surface area (Å²) in [4.78, 5) is 15.1. The third-order valence-electron chi connectivity index (χ3n) is 7.17. The molecular formula is C27H35ClF2N8O. The number of hydrogen-bond acceptors (Lipinski definition) is 8. The van der Waals surface area contributed by atoms with Gasteiger partial charge in [0, 0.05) is 68.7 Å². The third kappa shape index (κ3) is 6.32. The standard InChI is InChI=1S/C27H34F2N8O.ClH/c1-4-23-19(14-31-37(23)25-13-24(32-26(30)33-25)36-16-27(3,38)17-36)6-5-7-34-8-9-35(15-18(34)2)22-11-20(28)10-21(29)12-22;/h5-6,10-14,18,38H,4,7-9,15-17H2,1-3H3,(H2,30,32,33);1H/t18-;/m1./s1. The summed E-state index contributed by atoms with van der Waals surface area (Å²) in [6.45, 7) is 9.89. The number of benzene rings is 1. The van der Waals surface area contributed by atoms with Crippen molar-refractivity contribution < 1.29 is 13.9 Å². The molecule has 39 heavy (non-hydrogen) atoms. The first-order valence-corrected chi connectivity index (χ1v) is 12.9. The van der Waals surface area contributed by atoms with Gasteiger partial charge in [-0.25, -0.2) is 13.5 Å². The molecule has 0 aliphatic carbocycles. The van der Waals surface area contributed by atoms with Gasteiger partial charge in [0.1, 0.15) is 17.5 Å². The van der Waals surface area contributed by atoms with Crippen LogP contribution in [0.3, 0.4) is 0 Å². The minimum atomic E-state index is -0.723. The summed E-state index contributed by atoms with van der Waals surface area (Å²) in [6, 6.07) is 5.74. The Kier molecular flexibility index (Phi) is 8.43.